The summed E-state index contributed by atoms with van der Waals surface area (Å²) in [5.74, 6) is -0.908. The molecule has 0 aliphatic heterocycles. The van der Waals surface area contributed by atoms with Gasteiger partial charge in [-0.05, 0) is 30.5 Å². The van der Waals surface area contributed by atoms with Gasteiger partial charge in [0.15, 0.2) is 0 Å². The lowest BCUT2D eigenvalue weighted by Gasteiger charge is -2.10. The van der Waals surface area contributed by atoms with Crippen LogP contribution in [0.4, 0.5) is 0 Å². The molecule has 1 N–H and O–H groups in total. The number of pyridine rings is 1. The zero-order valence-electron chi connectivity index (χ0n) is 12.3. The number of carbonyl (C=O) groups is 2. The molecule has 6 heteroatoms. The normalized spacial score (nSPS) is 15.2. The Morgan fingerprint density at radius 1 is 1.41 bits per heavy atom. The van der Waals surface area contributed by atoms with Gasteiger partial charge in [-0.3, -0.25) is 9.78 Å². The van der Waals surface area contributed by atoms with Crippen LogP contribution >= 0.6 is 0 Å². The van der Waals surface area contributed by atoms with Crippen LogP contribution in [0, 0.1) is 11.3 Å². The topological polar surface area (TPSA) is 92.1 Å². The maximum Gasteiger partial charge on any atom is 0.339 e. The largest absolute Gasteiger partial charge is 0.465 e. The van der Waals surface area contributed by atoms with E-state index in [-0.39, 0.29) is 17.2 Å². The summed E-state index contributed by atoms with van der Waals surface area (Å²) in [5, 5.41) is 12.0. The Morgan fingerprint density at radius 2 is 2.14 bits per heavy atom. The Morgan fingerprint density at radius 3 is 2.77 bits per heavy atom. The highest BCUT2D eigenvalue weighted by molar-refractivity contribution is 6.02. The number of rotatable bonds is 4. The molecule has 0 spiro atoms. The molecule has 0 aromatic carbocycles. The third kappa shape index (κ3) is 3.92. The van der Waals surface area contributed by atoms with E-state index < -0.39 is 11.9 Å². The molecule has 1 fully saturated rings. The number of nitriles is 1. The van der Waals surface area contributed by atoms with Crippen LogP contribution < -0.4 is 5.32 Å². The number of hydrogen-bond acceptors (Lipinski definition) is 5. The van der Waals surface area contributed by atoms with E-state index in [1.165, 1.54) is 31.6 Å². The van der Waals surface area contributed by atoms with Crippen LogP contribution in [0.3, 0.4) is 0 Å². The fraction of sp³-hybridized carbons (Fsp3) is 0.375. The fourth-order valence-corrected chi connectivity index (χ4v) is 2.41. The minimum Gasteiger partial charge on any atom is -0.465 e. The first-order valence-electron chi connectivity index (χ1n) is 7.10. The first-order chi connectivity index (χ1) is 10.6. The van der Waals surface area contributed by atoms with E-state index in [1.807, 2.05) is 6.07 Å². The van der Waals surface area contributed by atoms with Crippen molar-refractivity contribution >= 4 is 18.0 Å². The maximum atomic E-state index is 12.1. The number of nitrogens with one attached hydrogen (secondary N) is 1. The van der Waals surface area contributed by atoms with Crippen molar-refractivity contribution in [2.75, 3.05) is 7.11 Å². The van der Waals surface area contributed by atoms with Crippen LogP contribution in [0.25, 0.3) is 6.08 Å². The Labute approximate surface area is 128 Å². The zero-order valence-corrected chi connectivity index (χ0v) is 12.3. The third-order valence-corrected chi connectivity index (χ3v) is 3.55. The van der Waals surface area contributed by atoms with Crippen molar-refractivity contribution in [3.63, 3.8) is 0 Å². The van der Waals surface area contributed by atoms with Crippen molar-refractivity contribution in [3.8, 4) is 6.07 Å². The van der Waals surface area contributed by atoms with E-state index in [0.29, 0.717) is 5.56 Å². The average molecular weight is 299 g/mol. The standard InChI is InChI=1S/C16H17N3O3/c1-22-16(21)13-7-11(9-18-10-13)6-12(8-17)15(20)19-14-4-2-3-5-14/h6-7,9-10,14H,2-5H2,1H3,(H,19,20)/b12-6+. The fourth-order valence-electron chi connectivity index (χ4n) is 2.41. The van der Waals surface area contributed by atoms with E-state index in [0.717, 1.165) is 25.7 Å². The lowest BCUT2D eigenvalue weighted by Crippen LogP contribution is -2.33. The van der Waals surface area contributed by atoms with E-state index in [9.17, 15) is 9.59 Å². The molecule has 114 valence electrons. The van der Waals surface area contributed by atoms with Crippen LogP contribution in [0.5, 0.6) is 0 Å². The van der Waals surface area contributed by atoms with Gasteiger partial charge in [0.25, 0.3) is 5.91 Å². The van der Waals surface area contributed by atoms with Gasteiger partial charge in [0, 0.05) is 18.4 Å². The number of nitrogens with zero attached hydrogens (tertiary/aromatic N) is 2. The number of carbonyl (C=O) groups excluding carboxylic acids is 2. The summed E-state index contributed by atoms with van der Waals surface area (Å²) >= 11 is 0. The highest BCUT2D eigenvalue weighted by atomic mass is 16.5. The van der Waals surface area contributed by atoms with E-state index in [2.05, 4.69) is 15.0 Å². The van der Waals surface area contributed by atoms with Gasteiger partial charge >= 0.3 is 5.97 Å². The van der Waals surface area contributed by atoms with Crippen molar-refractivity contribution in [2.24, 2.45) is 0 Å². The molecule has 1 saturated carbocycles. The van der Waals surface area contributed by atoms with Gasteiger partial charge in [-0.1, -0.05) is 12.8 Å². The van der Waals surface area contributed by atoms with Crippen molar-refractivity contribution in [3.05, 3.63) is 35.2 Å². The lowest BCUT2D eigenvalue weighted by molar-refractivity contribution is -0.117. The van der Waals surface area contributed by atoms with Crippen molar-refractivity contribution in [1.29, 1.82) is 5.26 Å². The Hall–Kier alpha value is -2.68. The molecular weight excluding hydrogens is 282 g/mol. The molecule has 1 amide bonds. The third-order valence-electron chi connectivity index (χ3n) is 3.55. The summed E-state index contributed by atoms with van der Waals surface area (Å²) in [6.45, 7) is 0. The molecule has 22 heavy (non-hydrogen) atoms. The van der Waals surface area contributed by atoms with Crippen LogP contribution in [0.15, 0.2) is 24.0 Å². The summed E-state index contributed by atoms with van der Waals surface area (Å²) in [5.41, 5.74) is 0.765. The zero-order chi connectivity index (χ0) is 15.9. The number of aromatic nitrogens is 1. The molecule has 0 atom stereocenters. The molecule has 1 heterocycles. The molecule has 6 nitrogen and oxygen atoms in total. The van der Waals surface area contributed by atoms with Crippen molar-refractivity contribution < 1.29 is 14.3 Å². The summed E-state index contributed by atoms with van der Waals surface area (Å²) in [6, 6.07) is 3.56. The second kappa shape index (κ2) is 7.36. The first-order valence-corrected chi connectivity index (χ1v) is 7.10. The number of amides is 1. The number of methoxy groups -OCH3 is 1. The van der Waals surface area contributed by atoms with E-state index in [1.54, 1.807) is 0 Å². The van der Waals surface area contributed by atoms with Crippen LogP contribution in [-0.2, 0) is 9.53 Å². The minimum atomic E-state index is -0.517. The maximum absolute atomic E-state index is 12.1. The average Bonchev–Trinajstić information content (AvgIpc) is 3.04. The number of esters is 1. The molecule has 0 radical (unpaired) electrons. The van der Waals surface area contributed by atoms with Crippen molar-refractivity contribution in [1.82, 2.24) is 10.3 Å². The number of ether oxygens (including phenoxy) is 1. The summed E-state index contributed by atoms with van der Waals surface area (Å²) < 4.78 is 4.61. The molecule has 1 aromatic rings. The minimum absolute atomic E-state index is 0.00397. The molecule has 0 unspecified atom stereocenters. The molecule has 1 aliphatic rings. The summed E-state index contributed by atoms with van der Waals surface area (Å²) in [7, 11) is 1.28. The van der Waals surface area contributed by atoms with E-state index >= 15 is 0 Å². The van der Waals surface area contributed by atoms with Gasteiger partial charge in [-0.15, -0.1) is 0 Å². The Balaban J connectivity index is 2.15. The molecule has 0 bridgehead atoms. The van der Waals surface area contributed by atoms with Gasteiger partial charge in [-0.25, -0.2) is 4.79 Å². The smallest absolute Gasteiger partial charge is 0.339 e. The van der Waals surface area contributed by atoms with Crippen LogP contribution in [0.1, 0.15) is 41.6 Å². The summed E-state index contributed by atoms with van der Waals surface area (Å²) in [4.78, 5) is 27.5. The molecule has 1 aliphatic carbocycles. The second-order valence-electron chi connectivity index (χ2n) is 5.12. The monoisotopic (exact) mass is 299 g/mol. The number of hydrogen-bond donors (Lipinski definition) is 1. The van der Waals surface area contributed by atoms with Crippen LogP contribution in [-0.4, -0.2) is 30.0 Å². The lowest BCUT2D eigenvalue weighted by atomic mass is 10.1. The molecular formula is C16H17N3O3. The first kappa shape index (κ1) is 15.7. The molecule has 2 rings (SSSR count). The highest BCUT2D eigenvalue weighted by Crippen LogP contribution is 2.18. The second-order valence-corrected chi connectivity index (χ2v) is 5.12. The van der Waals surface area contributed by atoms with Gasteiger partial charge in [0.1, 0.15) is 11.6 Å². The SMILES string of the molecule is COC(=O)c1cncc(/C=C(\C#N)C(=O)NC2CCCC2)c1. The predicted octanol–water partition coefficient (Wildman–Crippen LogP) is 1.83. The predicted molar refractivity (Wildman–Crippen MR) is 79.6 cm³/mol. The highest BCUT2D eigenvalue weighted by Gasteiger charge is 2.19. The Bertz CT molecular complexity index is 640. The van der Waals surface area contributed by atoms with Crippen molar-refractivity contribution in [2.45, 2.75) is 31.7 Å². The van der Waals surface area contributed by atoms with Gasteiger partial charge in [0.2, 0.25) is 0 Å². The van der Waals surface area contributed by atoms with Gasteiger partial charge < -0.3 is 10.1 Å². The van der Waals surface area contributed by atoms with Gasteiger partial charge in [0.05, 0.1) is 12.7 Å². The Kier molecular flexibility index (Phi) is 5.26. The van der Waals surface area contributed by atoms with Gasteiger partial charge in [-0.2, -0.15) is 5.26 Å². The quantitative estimate of drug-likeness (QED) is 0.520. The summed E-state index contributed by atoms with van der Waals surface area (Å²) in [6.07, 6.45) is 8.36. The molecule has 0 saturated heterocycles. The van der Waals surface area contributed by atoms with E-state index in [4.69, 9.17) is 5.26 Å². The molecule has 1 aromatic heterocycles. The van der Waals surface area contributed by atoms with Crippen LogP contribution in [0.2, 0.25) is 0 Å².